The van der Waals surface area contributed by atoms with E-state index < -0.39 is 0 Å². The predicted octanol–water partition coefficient (Wildman–Crippen LogP) is 4.30. The lowest BCUT2D eigenvalue weighted by atomic mass is 9.50. The summed E-state index contributed by atoms with van der Waals surface area (Å²) >= 11 is 0. The molecule has 3 fully saturated rings. The minimum Gasteiger partial charge on any atom is -0.317 e. The summed E-state index contributed by atoms with van der Waals surface area (Å²) < 4.78 is 0. The molecule has 4 rings (SSSR count). The molecule has 0 unspecified atom stereocenters. The molecule has 1 aromatic heterocycles. The third-order valence-electron chi connectivity index (χ3n) is 6.55. The van der Waals surface area contributed by atoms with Crippen LogP contribution in [0, 0.1) is 17.3 Å². The second-order valence-electron chi connectivity index (χ2n) is 8.79. The Labute approximate surface area is 158 Å². The zero-order valence-corrected chi connectivity index (χ0v) is 16.8. The van der Waals surface area contributed by atoms with E-state index >= 15 is 0 Å². The summed E-state index contributed by atoms with van der Waals surface area (Å²) in [6, 6.07) is 2.06. The fourth-order valence-electron chi connectivity index (χ4n) is 4.67. The fourth-order valence-corrected chi connectivity index (χ4v) is 4.67. The number of rotatable bonds is 4. The topological polar surface area (TPSA) is 54.9 Å². The Balaban J connectivity index is 0.000000152. The summed E-state index contributed by atoms with van der Waals surface area (Å²) in [6.07, 6.45) is 11.9. The number of ketones is 1. The number of carbonyl (C=O) groups excluding carboxylic acids is 1. The number of aromatic nitrogens is 2. The van der Waals surface area contributed by atoms with Gasteiger partial charge in [-0.15, -0.1) is 0 Å². The molecule has 0 bridgehead atoms. The van der Waals surface area contributed by atoms with Gasteiger partial charge in [-0.25, -0.2) is 9.97 Å². The van der Waals surface area contributed by atoms with E-state index in [0.717, 1.165) is 25.3 Å². The molecule has 0 radical (unpaired) electrons. The maximum absolute atomic E-state index is 11.6. The van der Waals surface area contributed by atoms with E-state index in [0.29, 0.717) is 23.0 Å². The number of hydrogen-bond acceptors (Lipinski definition) is 4. The Morgan fingerprint density at radius 3 is 2.50 bits per heavy atom. The van der Waals surface area contributed by atoms with E-state index in [1.807, 2.05) is 20.0 Å². The summed E-state index contributed by atoms with van der Waals surface area (Å²) in [5, 5.41) is 3.37. The van der Waals surface area contributed by atoms with Crippen molar-refractivity contribution in [3.63, 3.8) is 0 Å². The van der Waals surface area contributed by atoms with Crippen molar-refractivity contribution in [2.75, 3.05) is 13.1 Å². The SMILES string of the molecule is CC(C)C(=O)C1CC2(CCC2)C1.CCc1nccc(C2CCNCC2)n1. The lowest BCUT2D eigenvalue weighted by molar-refractivity contribution is -0.137. The highest BCUT2D eigenvalue weighted by molar-refractivity contribution is 5.83. The number of aryl methyl sites for hydroxylation is 1. The number of hydrogen-bond donors (Lipinski definition) is 1. The van der Waals surface area contributed by atoms with Crippen LogP contribution in [0.1, 0.15) is 83.2 Å². The van der Waals surface area contributed by atoms with Gasteiger partial charge in [0, 0.05) is 36.1 Å². The first-order chi connectivity index (χ1) is 12.5. The second kappa shape index (κ2) is 8.60. The normalized spacial score (nSPS) is 22.3. The van der Waals surface area contributed by atoms with E-state index in [2.05, 4.69) is 28.3 Å². The fraction of sp³-hybridized carbons (Fsp3) is 0.773. The molecule has 1 saturated heterocycles. The second-order valence-corrected chi connectivity index (χ2v) is 8.79. The zero-order valence-electron chi connectivity index (χ0n) is 16.8. The van der Waals surface area contributed by atoms with Crippen molar-refractivity contribution < 1.29 is 4.79 Å². The van der Waals surface area contributed by atoms with Crippen LogP contribution < -0.4 is 5.32 Å². The standard InChI is InChI=1S/C11H17N3.C11H18O/c1-2-11-13-8-5-10(14-11)9-3-6-12-7-4-9;1-8(2)10(12)9-6-11(7-9)4-3-5-11/h5,8-9,12H,2-4,6-7H2,1H3;8-9H,3-7H2,1-2H3. The monoisotopic (exact) mass is 357 g/mol. The van der Waals surface area contributed by atoms with Crippen LogP contribution in [0.25, 0.3) is 0 Å². The van der Waals surface area contributed by atoms with Crippen LogP contribution in [-0.2, 0) is 11.2 Å². The summed E-state index contributed by atoms with van der Waals surface area (Å²) in [7, 11) is 0. The van der Waals surface area contributed by atoms with Crippen molar-refractivity contribution >= 4 is 5.78 Å². The number of carbonyl (C=O) groups is 1. The minimum atomic E-state index is 0.257. The van der Waals surface area contributed by atoms with Crippen LogP contribution in [-0.4, -0.2) is 28.8 Å². The largest absolute Gasteiger partial charge is 0.317 e. The van der Waals surface area contributed by atoms with Gasteiger partial charge in [-0.2, -0.15) is 0 Å². The summed E-state index contributed by atoms with van der Waals surface area (Å²) in [5.74, 6) is 2.82. The highest BCUT2D eigenvalue weighted by Gasteiger charge is 2.50. The van der Waals surface area contributed by atoms with Gasteiger partial charge in [0.2, 0.25) is 0 Å². The van der Waals surface area contributed by atoms with Crippen LogP contribution in [0.15, 0.2) is 12.3 Å². The van der Waals surface area contributed by atoms with Gasteiger partial charge in [0.1, 0.15) is 11.6 Å². The molecule has 2 saturated carbocycles. The number of nitrogens with one attached hydrogen (secondary N) is 1. The van der Waals surface area contributed by atoms with Gasteiger partial charge in [0.15, 0.2) is 0 Å². The summed E-state index contributed by atoms with van der Waals surface area (Å²) in [6.45, 7) is 8.38. The van der Waals surface area contributed by atoms with Crippen molar-refractivity contribution in [1.29, 1.82) is 0 Å². The van der Waals surface area contributed by atoms with Gasteiger partial charge in [-0.05, 0) is 63.1 Å². The quantitative estimate of drug-likeness (QED) is 0.873. The van der Waals surface area contributed by atoms with Crippen molar-refractivity contribution in [1.82, 2.24) is 15.3 Å². The molecule has 1 aromatic rings. The van der Waals surface area contributed by atoms with E-state index in [-0.39, 0.29) is 5.92 Å². The summed E-state index contributed by atoms with van der Waals surface area (Å²) in [5.41, 5.74) is 1.90. The predicted molar refractivity (Wildman–Crippen MR) is 105 cm³/mol. The van der Waals surface area contributed by atoms with E-state index in [1.165, 1.54) is 50.6 Å². The first-order valence-corrected chi connectivity index (χ1v) is 10.6. The Kier molecular flexibility index (Phi) is 6.44. The van der Waals surface area contributed by atoms with Gasteiger partial charge in [0.05, 0.1) is 0 Å². The van der Waals surface area contributed by atoms with Crippen LogP contribution >= 0.6 is 0 Å². The van der Waals surface area contributed by atoms with E-state index in [4.69, 9.17) is 0 Å². The smallest absolute Gasteiger partial charge is 0.138 e. The van der Waals surface area contributed by atoms with Crippen LogP contribution in [0.3, 0.4) is 0 Å². The molecule has 3 aliphatic rings. The maximum Gasteiger partial charge on any atom is 0.138 e. The molecule has 4 nitrogen and oxygen atoms in total. The average molecular weight is 358 g/mol. The Morgan fingerprint density at radius 2 is 1.96 bits per heavy atom. The molecule has 2 heterocycles. The molecular weight excluding hydrogens is 322 g/mol. The third-order valence-corrected chi connectivity index (χ3v) is 6.55. The lowest BCUT2D eigenvalue weighted by Gasteiger charge is -2.54. The van der Waals surface area contributed by atoms with E-state index in [1.54, 1.807) is 0 Å². The molecule has 26 heavy (non-hydrogen) atoms. The number of nitrogens with zero attached hydrogens (tertiary/aromatic N) is 2. The molecule has 144 valence electrons. The molecule has 0 atom stereocenters. The Bertz CT molecular complexity index is 595. The van der Waals surface area contributed by atoms with Crippen LogP contribution in [0.5, 0.6) is 0 Å². The highest BCUT2D eigenvalue weighted by Crippen LogP contribution is 2.59. The van der Waals surface area contributed by atoms with Gasteiger partial charge in [-0.1, -0.05) is 27.2 Å². The van der Waals surface area contributed by atoms with Crippen molar-refractivity contribution in [3.8, 4) is 0 Å². The van der Waals surface area contributed by atoms with Crippen LogP contribution in [0.2, 0.25) is 0 Å². The molecule has 1 aliphatic heterocycles. The average Bonchev–Trinajstić information content (AvgIpc) is 2.60. The van der Waals surface area contributed by atoms with Gasteiger partial charge < -0.3 is 5.32 Å². The molecular formula is C22H35N3O. The summed E-state index contributed by atoms with van der Waals surface area (Å²) in [4.78, 5) is 20.4. The number of Topliss-reactive ketones (excluding diaryl/α,β-unsaturated/α-hetero) is 1. The van der Waals surface area contributed by atoms with Crippen molar-refractivity contribution in [3.05, 3.63) is 23.8 Å². The van der Waals surface area contributed by atoms with E-state index in [9.17, 15) is 4.79 Å². The van der Waals surface area contributed by atoms with Gasteiger partial charge in [-0.3, -0.25) is 4.79 Å². The van der Waals surface area contributed by atoms with Crippen molar-refractivity contribution in [2.24, 2.45) is 17.3 Å². The molecule has 4 heteroatoms. The number of piperidine rings is 1. The molecule has 1 N–H and O–H groups in total. The highest BCUT2D eigenvalue weighted by atomic mass is 16.1. The van der Waals surface area contributed by atoms with Crippen molar-refractivity contribution in [2.45, 2.75) is 78.1 Å². The third kappa shape index (κ3) is 4.51. The Morgan fingerprint density at radius 1 is 1.27 bits per heavy atom. The lowest BCUT2D eigenvalue weighted by Crippen LogP contribution is -2.46. The zero-order chi connectivity index (χ0) is 18.6. The first kappa shape index (κ1) is 19.5. The maximum atomic E-state index is 11.6. The van der Waals surface area contributed by atoms with Gasteiger partial charge >= 0.3 is 0 Å². The Hall–Kier alpha value is -1.29. The van der Waals surface area contributed by atoms with Gasteiger partial charge in [0.25, 0.3) is 0 Å². The molecule has 0 aromatic carbocycles. The van der Waals surface area contributed by atoms with Crippen LogP contribution in [0.4, 0.5) is 0 Å². The molecule has 1 spiro atoms. The molecule has 2 aliphatic carbocycles. The molecule has 0 amide bonds. The minimum absolute atomic E-state index is 0.257. The first-order valence-electron chi connectivity index (χ1n) is 10.6.